The van der Waals surface area contributed by atoms with Crippen LogP contribution in [0.4, 0.5) is 0 Å². The van der Waals surface area contributed by atoms with Crippen LogP contribution in [0.15, 0.2) is 42.5 Å². The maximum Gasteiger partial charge on any atom is 0.338 e. The second-order valence-electron chi connectivity index (χ2n) is 12.3. The van der Waals surface area contributed by atoms with Crippen LogP contribution in [0, 0.1) is 0 Å². The molecule has 0 saturated heterocycles. The number of aromatic hydroxyl groups is 1. The molecule has 0 aliphatic rings. The van der Waals surface area contributed by atoms with E-state index in [0.717, 1.165) is 25.7 Å². The Kier molecular flexibility index (Phi) is 11.5. The largest absolute Gasteiger partial charge is 0.507 e. The van der Waals surface area contributed by atoms with Crippen LogP contribution in [-0.4, -0.2) is 55.4 Å². The number of unbranched alkanes of at least 4 members (excludes halogenated alkanes) is 4. The number of phenols is 1. The molecule has 0 aliphatic carbocycles. The van der Waals surface area contributed by atoms with Crippen LogP contribution in [0.1, 0.15) is 120 Å². The lowest BCUT2D eigenvalue weighted by atomic mass is 9.84. The number of carbonyl (C=O) groups is 4. The maximum atomic E-state index is 13.6. The van der Waals surface area contributed by atoms with Gasteiger partial charge in [-0.15, -0.1) is 0 Å². The average molecular weight is 669 g/mol. The number of fused-ring (bicyclic) bond motifs is 2. The van der Waals surface area contributed by atoms with E-state index in [0.29, 0.717) is 68.8 Å². The molecule has 0 saturated carbocycles. The zero-order chi connectivity index (χ0) is 35.1. The molecule has 0 heterocycles. The SMILES string of the molecule is CCCCOC(=O)c1ccc2c3ccc(C(=O)OCCCC)c4c(C(=O)OCCCC)cc(O)c(c5ccc(C(=O)OCCCC)c1c25)c43. The van der Waals surface area contributed by atoms with Gasteiger partial charge in [0.15, 0.2) is 0 Å². The lowest BCUT2D eigenvalue weighted by Gasteiger charge is -2.21. The van der Waals surface area contributed by atoms with Crippen molar-refractivity contribution < 1.29 is 43.2 Å². The molecule has 0 bridgehead atoms. The predicted molar refractivity (Wildman–Crippen MR) is 190 cm³/mol. The number of esters is 4. The van der Waals surface area contributed by atoms with Gasteiger partial charge in [0.1, 0.15) is 5.75 Å². The molecule has 5 aromatic rings. The Balaban J connectivity index is 1.87. The summed E-state index contributed by atoms with van der Waals surface area (Å²) in [7, 11) is 0. The molecular formula is C40H44O9. The molecule has 5 rings (SSSR count). The van der Waals surface area contributed by atoms with Crippen LogP contribution in [0.2, 0.25) is 0 Å². The van der Waals surface area contributed by atoms with Gasteiger partial charge in [0.25, 0.3) is 0 Å². The number of benzene rings is 5. The maximum absolute atomic E-state index is 13.6. The third kappa shape index (κ3) is 6.98. The Bertz CT molecular complexity index is 1980. The van der Waals surface area contributed by atoms with E-state index in [1.165, 1.54) is 6.07 Å². The number of hydrogen-bond acceptors (Lipinski definition) is 9. The summed E-state index contributed by atoms with van der Waals surface area (Å²) in [6.45, 7) is 8.83. The van der Waals surface area contributed by atoms with Crippen molar-refractivity contribution in [3.8, 4) is 5.75 Å². The minimum Gasteiger partial charge on any atom is -0.507 e. The fraction of sp³-hybridized carbons (Fsp3) is 0.400. The number of rotatable bonds is 16. The molecule has 9 heteroatoms. The van der Waals surface area contributed by atoms with Gasteiger partial charge in [-0.25, -0.2) is 19.2 Å². The van der Waals surface area contributed by atoms with E-state index in [-0.39, 0.29) is 54.4 Å². The lowest BCUT2D eigenvalue weighted by molar-refractivity contribution is 0.0485. The molecule has 258 valence electrons. The molecule has 0 spiro atoms. The van der Waals surface area contributed by atoms with Gasteiger partial charge in [0.2, 0.25) is 0 Å². The van der Waals surface area contributed by atoms with Crippen molar-refractivity contribution in [1.29, 1.82) is 0 Å². The molecule has 9 nitrogen and oxygen atoms in total. The Morgan fingerprint density at radius 1 is 0.449 bits per heavy atom. The molecule has 0 fully saturated rings. The minimum absolute atomic E-state index is 0.0450. The summed E-state index contributed by atoms with van der Waals surface area (Å²) in [5.74, 6) is -2.62. The normalized spacial score (nSPS) is 11.4. The second-order valence-corrected chi connectivity index (χ2v) is 12.3. The van der Waals surface area contributed by atoms with Crippen molar-refractivity contribution in [1.82, 2.24) is 0 Å². The summed E-state index contributed by atoms with van der Waals surface area (Å²) in [4.78, 5) is 54.1. The number of hydrogen-bond donors (Lipinski definition) is 1. The van der Waals surface area contributed by atoms with Crippen molar-refractivity contribution in [2.24, 2.45) is 0 Å². The van der Waals surface area contributed by atoms with Crippen molar-refractivity contribution in [3.05, 3.63) is 64.7 Å². The van der Waals surface area contributed by atoms with E-state index < -0.39 is 23.9 Å². The quantitative estimate of drug-likeness (QED) is 0.0360. The van der Waals surface area contributed by atoms with Crippen LogP contribution in [0.25, 0.3) is 43.1 Å². The van der Waals surface area contributed by atoms with E-state index in [9.17, 15) is 24.3 Å². The number of ether oxygens (including phenoxy) is 4. The fourth-order valence-corrected chi connectivity index (χ4v) is 6.20. The molecule has 0 radical (unpaired) electrons. The highest BCUT2D eigenvalue weighted by Crippen LogP contribution is 2.47. The fourth-order valence-electron chi connectivity index (χ4n) is 6.20. The first-order valence-electron chi connectivity index (χ1n) is 17.4. The van der Waals surface area contributed by atoms with Gasteiger partial charge < -0.3 is 24.1 Å². The second kappa shape index (κ2) is 16.0. The van der Waals surface area contributed by atoms with Crippen LogP contribution >= 0.6 is 0 Å². The van der Waals surface area contributed by atoms with Crippen molar-refractivity contribution in [2.75, 3.05) is 26.4 Å². The molecule has 5 aromatic carbocycles. The summed E-state index contributed by atoms with van der Waals surface area (Å²) < 4.78 is 22.4. The lowest BCUT2D eigenvalue weighted by Crippen LogP contribution is -2.13. The highest BCUT2D eigenvalue weighted by Gasteiger charge is 2.29. The Labute approximate surface area is 285 Å². The topological polar surface area (TPSA) is 125 Å². The molecule has 0 atom stereocenters. The standard InChI is InChI=1S/C40H44O9/c1-5-9-19-46-37(42)27-16-13-24-25-14-17-29(39(44)48-21-11-7-3)34-30(40(45)49-22-12-8-4)23-31(41)35(36(25)34)26-15-18-28(33(27)32(24)26)38(43)47-20-10-6-2/h13-18,23,41H,5-12,19-22H2,1-4H3. The molecular weight excluding hydrogens is 624 g/mol. The molecule has 0 amide bonds. The van der Waals surface area contributed by atoms with E-state index >= 15 is 0 Å². The van der Waals surface area contributed by atoms with Gasteiger partial charge in [-0.05, 0) is 71.5 Å². The van der Waals surface area contributed by atoms with Crippen LogP contribution < -0.4 is 0 Å². The van der Waals surface area contributed by atoms with Crippen molar-refractivity contribution in [3.63, 3.8) is 0 Å². The van der Waals surface area contributed by atoms with Gasteiger partial charge in [-0.1, -0.05) is 71.6 Å². The Morgan fingerprint density at radius 2 is 0.796 bits per heavy atom. The third-order valence-corrected chi connectivity index (χ3v) is 8.79. The van der Waals surface area contributed by atoms with Crippen LogP contribution in [-0.2, 0) is 18.9 Å². The molecule has 0 aliphatic heterocycles. The van der Waals surface area contributed by atoms with E-state index in [1.807, 2.05) is 27.7 Å². The zero-order valence-corrected chi connectivity index (χ0v) is 28.7. The van der Waals surface area contributed by atoms with Gasteiger partial charge in [-0.2, -0.15) is 0 Å². The summed E-state index contributed by atoms with van der Waals surface area (Å²) in [5, 5.41) is 15.5. The van der Waals surface area contributed by atoms with E-state index in [1.54, 1.807) is 36.4 Å². The van der Waals surface area contributed by atoms with Crippen molar-refractivity contribution >= 4 is 67.0 Å². The van der Waals surface area contributed by atoms with Crippen LogP contribution in [0.3, 0.4) is 0 Å². The first kappa shape index (κ1) is 35.4. The van der Waals surface area contributed by atoms with Crippen molar-refractivity contribution in [2.45, 2.75) is 79.1 Å². The van der Waals surface area contributed by atoms with Crippen LogP contribution in [0.5, 0.6) is 5.75 Å². The first-order chi connectivity index (χ1) is 23.8. The summed E-state index contributed by atoms with van der Waals surface area (Å²) in [6.07, 6.45) is 6.06. The number of phenolic OH excluding ortho intramolecular Hbond substituents is 1. The molecule has 0 aromatic heterocycles. The summed E-state index contributed by atoms with van der Waals surface area (Å²) in [6, 6.07) is 11.4. The highest BCUT2D eigenvalue weighted by molar-refractivity contribution is 6.39. The van der Waals surface area contributed by atoms with E-state index in [4.69, 9.17) is 18.9 Å². The van der Waals surface area contributed by atoms with Gasteiger partial charge in [0, 0.05) is 21.5 Å². The predicted octanol–water partition coefficient (Wildman–Crippen LogP) is 9.27. The number of carbonyl (C=O) groups excluding carboxylic acids is 4. The summed E-state index contributed by atoms with van der Waals surface area (Å²) >= 11 is 0. The minimum atomic E-state index is -0.665. The summed E-state index contributed by atoms with van der Waals surface area (Å²) in [5.41, 5.74) is 0.616. The molecule has 1 N–H and O–H groups in total. The molecule has 0 unspecified atom stereocenters. The zero-order valence-electron chi connectivity index (χ0n) is 28.7. The Hall–Kier alpha value is -4.92. The van der Waals surface area contributed by atoms with Gasteiger partial charge in [0.05, 0.1) is 48.7 Å². The first-order valence-corrected chi connectivity index (χ1v) is 17.4. The van der Waals surface area contributed by atoms with Gasteiger partial charge in [-0.3, -0.25) is 0 Å². The third-order valence-electron chi connectivity index (χ3n) is 8.79. The smallest absolute Gasteiger partial charge is 0.338 e. The molecule has 49 heavy (non-hydrogen) atoms. The van der Waals surface area contributed by atoms with Gasteiger partial charge >= 0.3 is 23.9 Å². The van der Waals surface area contributed by atoms with E-state index in [2.05, 4.69) is 0 Å². The Morgan fingerprint density at radius 3 is 1.20 bits per heavy atom. The average Bonchev–Trinajstić information content (AvgIpc) is 3.10. The highest BCUT2D eigenvalue weighted by atomic mass is 16.5. The monoisotopic (exact) mass is 668 g/mol.